The van der Waals surface area contributed by atoms with Crippen molar-refractivity contribution in [1.29, 1.82) is 0 Å². The zero-order chi connectivity index (χ0) is 21.7. The zero-order valence-corrected chi connectivity index (χ0v) is 22.1. The van der Waals surface area contributed by atoms with Gasteiger partial charge in [0.15, 0.2) is 11.5 Å². The number of hydrogen-bond acceptors (Lipinski definition) is 2. The molecule has 0 atom stereocenters. The smallest absolute Gasteiger partial charge is 0.168 e. The normalized spacial score (nSPS) is 10.8. The molecule has 0 unspecified atom stereocenters. The molecule has 4 rings (SSSR count). The van der Waals surface area contributed by atoms with Crippen molar-refractivity contribution in [2.45, 2.75) is 6.16 Å². The molecule has 4 aromatic rings. The van der Waals surface area contributed by atoms with Crippen molar-refractivity contribution in [3.8, 4) is 11.5 Å². The highest BCUT2D eigenvalue weighted by molar-refractivity contribution is 9.10. The average molecular weight is 572 g/mol. The summed E-state index contributed by atoms with van der Waals surface area (Å²) in [6.07, 6.45) is 0.812. The standard InChI is InChI=1S/C27H25BrO2P.BrH/c1-29-26-19-18-25(28)24(27(26)30-2)20-31(21-12-6-3-7-13-21,22-14-8-4-9-15-22)23-16-10-5-11-17-23;/h3-19H,20H2,1-2H3;1H/q+1;/p-1. The van der Waals surface area contributed by atoms with Crippen molar-refractivity contribution in [2.24, 2.45) is 0 Å². The van der Waals surface area contributed by atoms with Gasteiger partial charge in [-0.2, -0.15) is 0 Å². The van der Waals surface area contributed by atoms with E-state index in [1.165, 1.54) is 15.9 Å². The first-order valence-electron chi connectivity index (χ1n) is 10.1. The molecule has 0 heterocycles. The first-order chi connectivity index (χ1) is 15.2. The summed E-state index contributed by atoms with van der Waals surface area (Å²) in [7, 11) is 1.36. The van der Waals surface area contributed by atoms with Gasteiger partial charge in [0.2, 0.25) is 0 Å². The van der Waals surface area contributed by atoms with Gasteiger partial charge in [-0.3, -0.25) is 0 Å². The topological polar surface area (TPSA) is 18.5 Å². The second-order valence-electron chi connectivity index (χ2n) is 7.24. The van der Waals surface area contributed by atoms with E-state index in [-0.39, 0.29) is 17.0 Å². The third-order valence-electron chi connectivity index (χ3n) is 5.58. The van der Waals surface area contributed by atoms with Gasteiger partial charge in [0.25, 0.3) is 0 Å². The van der Waals surface area contributed by atoms with Crippen LogP contribution in [0.2, 0.25) is 0 Å². The molecule has 0 amide bonds. The number of halogens is 2. The van der Waals surface area contributed by atoms with Gasteiger partial charge in [0.05, 0.1) is 19.8 Å². The van der Waals surface area contributed by atoms with E-state index in [4.69, 9.17) is 9.47 Å². The maximum absolute atomic E-state index is 5.86. The van der Waals surface area contributed by atoms with E-state index >= 15 is 0 Å². The molecule has 0 fully saturated rings. The average Bonchev–Trinajstić information content (AvgIpc) is 2.85. The number of rotatable bonds is 7. The van der Waals surface area contributed by atoms with Gasteiger partial charge in [-0.05, 0) is 48.5 Å². The lowest BCUT2D eigenvalue weighted by atomic mass is 10.2. The van der Waals surface area contributed by atoms with Crippen molar-refractivity contribution in [3.05, 3.63) is 113 Å². The predicted octanol–water partition coefficient (Wildman–Crippen LogP) is 2.96. The molecule has 0 aromatic heterocycles. The molecule has 0 spiro atoms. The number of methoxy groups -OCH3 is 2. The fourth-order valence-electron chi connectivity index (χ4n) is 4.12. The predicted molar refractivity (Wildman–Crippen MR) is 136 cm³/mol. The van der Waals surface area contributed by atoms with Crippen LogP contribution in [0.4, 0.5) is 0 Å². The molecule has 0 saturated heterocycles. The number of ether oxygens (including phenoxy) is 2. The Morgan fingerprint density at radius 3 is 1.44 bits per heavy atom. The van der Waals surface area contributed by atoms with Crippen LogP contribution in [0.25, 0.3) is 0 Å². The summed E-state index contributed by atoms with van der Waals surface area (Å²) in [5, 5.41) is 4.01. The van der Waals surface area contributed by atoms with Crippen LogP contribution < -0.4 is 42.4 Å². The molecular weight excluding hydrogens is 547 g/mol. The second kappa shape index (κ2) is 11.1. The van der Waals surface area contributed by atoms with Gasteiger partial charge in [-0.25, -0.2) is 0 Å². The summed E-state index contributed by atoms with van der Waals surface area (Å²) in [6, 6.07) is 36.6. The van der Waals surface area contributed by atoms with Gasteiger partial charge < -0.3 is 26.5 Å². The van der Waals surface area contributed by atoms with Crippen LogP contribution >= 0.6 is 23.2 Å². The minimum absolute atomic E-state index is 0. The van der Waals surface area contributed by atoms with E-state index < -0.39 is 7.26 Å². The van der Waals surface area contributed by atoms with Gasteiger partial charge >= 0.3 is 0 Å². The van der Waals surface area contributed by atoms with E-state index in [1.807, 2.05) is 12.1 Å². The van der Waals surface area contributed by atoms with Crippen molar-refractivity contribution < 1.29 is 26.5 Å². The maximum Gasteiger partial charge on any atom is 0.168 e. The number of hydrogen-bond donors (Lipinski definition) is 0. The Labute approximate surface area is 209 Å². The second-order valence-corrected chi connectivity index (χ2v) is 11.6. The van der Waals surface area contributed by atoms with Crippen LogP contribution in [0.1, 0.15) is 5.56 Å². The maximum atomic E-state index is 5.86. The molecule has 32 heavy (non-hydrogen) atoms. The Hall–Kier alpha value is -2.13. The Morgan fingerprint density at radius 1 is 0.625 bits per heavy atom. The highest BCUT2D eigenvalue weighted by atomic mass is 79.9. The van der Waals surface area contributed by atoms with Gasteiger partial charge in [-0.15, -0.1) is 0 Å². The quantitative estimate of drug-likeness (QED) is 0.318. The van der Waals surface area contributed by atoms with Gasteiger partial charge in [0, 0.05) is 4.47 Å². The molecule has 0 aliphatic rings. The molecule has 5 heteroatoms. The zero-order valence-electron chi connectivity index (χ0n) is 18.0. The summed E-state index contributed by atoms with van der Waals surface area (Å²) in [5.41, 5.74) is 1.12. The van der Waals surface area contributed by atoms with Crippen molar-refractivity contribution >= 4 is 39.1 Å². The van der Waals surface area contributed by atoms with Gasteiger partial charge in [0.1, 0.15) is 29.3 Å². The molecule has 164 valence electrons. The first kappa shape index (κ1) is 24.5. The summed E-state index contributed by atoms with van der Waals surface area (Å²) in [6.45, 7) is 0. The van der Waals surface area contributed by atoms with E-state index in [1.54, 1.807) is 14.2 Å². The van der Waals surface area contributed by atoms with Crippen LogP contribution in [0.5, 0.6) is 11.5 Å². The van der Waals surface area contributed by atoms with Crippen molar-refractivity contribution in [1.82, 2.24) is 0 Å². The van der Waals surface area contributed by atoms with Crippen molar-refractivity contribution in [2.75, 3.05) is 14.2 Å². The Balaban J connectivity index is 0.00000289. The summed E-state index contributed by atoms with van der Waals surface area (Å²) >= 11 is 3.80. The monoisotopic (exact) mass is 570 g/mol. The summed E-state index contributed by atoms with van der Waals surface area (Å²) < 4.78 is 12.5. The molecule has 2 nitrogen and oxygen atoms in total. The number of benzene rings is 4. The summed E-state index contributed by atoms with van der Waals surface area (Å²) in [5.74, 6) is 1.53. The van der Waals surface area contributed by atoms with E-state index in [0.717, 1.165) is 27.7 Å². The van der Waals surface area contributed by atoms with Crippen molar-refractivity contribution in [3.63, 3.8) is 0 Å². The van der Waals surface area contributed by atoms with Crippen LogP contribution in [-0.4, -0.2) is 14.2 Å². The van der Waals surface area contributed by atoms with Crippen LogP contribution in [0, 0.1) is 0 Å². The highest BCUT2D eigenvalue weighted by Crippen LogP contribution is 2.60. The lowest BCUT2D eigenvalue weighted by Crippen LogP contribution is -3.00. The third kappa shape index (κ3) is 4.64. The van der Waals surface area contributed by atoms with E-state index in [0.29, 0.717) is 0 Å². The molecule has 0 saturated carbocycles. The molecule has 0 aliphatic carbocycles. The lowest BCUT2D eigenvalue weighted by Gasteiger charge is -2.29. The fourth-order valence-corrected chi connectivity index (χ4v) is 9.06. The fraction of sp³-hybridized carbons (Fsp3) is 0.111. The molecular formula is C27H25Br2O2P. The Bertz CT molecular complexity index is 1040. The molecule has 0 aliphatic heterocycles. The Morgan fingerprint density at radius 2 is 1.06 bits per heavy atom. The lowest BCUT2D eigenvalue weighted by molar-refractivity contribution is -0.00000645. The molecule has 0 radical (unpaired) electrons. The molecule has 0 bridgehead atoms. The molecule has 4 aromatic carbocycles. The third-order valence-corrected chi connectivity index (χ3v) is 10.7. The highest BCUT2D eigenvalue weighted by Gasteiger charge is 2.46. The van der Waals surface area contributed by atoms with Crippen LogP contribution in [0.15, 0.2) is 108 Å². The minimum Gasteiger partial charge on any atom is -1.00 e. The minimum atomic E-state index is -2.04. The van der Waals surface area contributed by atoms with E-state index in [2.05, 4.69) is 107 Å². The SMILES string of the molecule is COc1ccc(Br)c(C[P+](c2ccccc2)(c2ccccc2)c2ccccc2)c1OC.[Br-]. The van der Waals surface area contributed by atoms with E-state index in [9.17, 15) is 0 Å². The van der Waals surface area contributed by atoms with Gasteiger partial charge in [-0.1, -0.05) is 70.5 Å². The largest absolute Gasteiger partial charge is 1.00 e. The van der Waals surface area contributed by atoms with Crippen LogP contribution in [0.3, 0.4) is 0 Å². The first-order valence-corrected chi connectivity index (χ1v) is 12.9. The molecule has 0 N–H and O–H groups in total. The summed E-state index contributed by atoms with van der Waals surface area (Å²) in [4.78, 5) is 0. The Kier molecular flexibility index (Phi) is 8.53. The van der Waals surface area contributed by atoms with Crippen LogP contribution in [-0.2, 0) is 6.16 Å².